The van der Waals surface area contributed by atoms with E-state index in [1.807, 2.05) is 43.3 Å². The van der Waals surface area contributed by atoms with E-state index in [9.17, 15) is 4.79 Å². The fourth-order valence-electron chi connectivity index (χ4n) is 2.18. The number of amides is 1. The molecule has 0 unspecified atom stereocenters. The zero-order chi connectivity index (χ0) is 14.8. The third kappa shape index (κ3) is 3.11. The van der Waals surface area contributed by atoms with Crippen molar-refractivity contribution in [3.63, 3.8) is 0 Å². The van der Waals surface area contributed by atoms with Crippen molar-refractivity contribution in [2.45, 2.75) is 6.92 Å². The summed E-state index contributed by atoms with van der Waals surface area (Å²) in [4.78, 5) is 16.3. The van der Waals surface area contributed by atoms with Gasteiger partial charge in [0, 0.05) is 27.6 Å². The van der Waals surface area contributed by atoms with Crippen molar-refractivity contribution in [2.75, 3.05) is 5.32 Å². The fourth-order valence-corrected chi connectivity index (χ4v) is 2.56. The first-order valence-electron chi connectivity index (χ1n) is 6.55. The monoisotopic (exact) mass is 340 g/mol. The molecule has 1 heterocycles. The number of halogens is 1. The third-order valence-corrected chi connectivity index (χ3v) is 3.71. The van der Waals surface area contributed by atoms with E-state index in [-0.39, 0.29) is 5.91 Å². The molecule has 0 aliphatic heterocycles. The van der Waals surface area contributed by atoms with Crippen LogP contribution in [0.5, 0.6) is 0 Å². The number of aromatic nitrogens is 1. The van der Waals surface area contributed by atoms with Gasteiger partial charge < -0.3 is 5.32 Å². The first-order valence-corrected chi connectivity index (χ1v) is 7.34. The molecule has 4 heteroatoms. The van der Waals surface area contributed by atoms with Crippen LogP contribution in [0.1, 0.15) is 16.1 Å². The molecule has 0 radical (unpaired) electrons. The predicted octanol–water partition coefficient (Wildman–Crippen LogP) is 4.56. The van der Waals surface area contributed by atoms with Crippen LogP contribution >= 0.6 is 15.9 Å². The van der Waals surface area contributed by atoms with Crippen LogP contribution < -0.4 is 5.32 Å². The summed E-state index contributed by atoms with van der Waals surface area (Å²) in [5.41, 5.74) is 2.22. The van der Waals surface area contributed by atoms with Crippen molar-refractivity contribution in [3.05, 3.63) is 70.5 Å². The number of aryl methyl sites for hydroxylation is 1. The normalized spacial score (nSPS) is 10.6. The average Bonchev–Trinajstić information content (AvgIpc) is 2.47. The number of nitrogens with zero attached hydrogens (tertiary/aromatic N) is 1. The molecule has 1 amide bonds. The Morgan fingerprint density at radius 1 is 1.05 bits per heavy atom. The van der Waals surface area contributed by atoms with Crippen molar-refractivity contribution in [1.29, 1.82) is 0 Å². The van der Waals surface area contributed by atoms with Crippen LogP contribution in [0.2, 0.25) is 0 Å². The number of benzene rings is 2. The van der Waals surface area contributed by atoms with Crippen LogP contribution in [-0.2, 0) is 0 Å². The van der Waals surface area contributed by atoms with Crippen molar-refractivity contribution in [3.8, 4) is 0 Å². The Bertz CT molecular complexity index is 830. The molecular weight excluding hydrogens is 328 g/mol. The minimum absolute atomic E-state index is 0.128. The molecule has 0 bridgehead atoms. The van der Waals surface area contributed by atoms with Crippen molar-refractivity contribution in [1.82, 2.24) is 4.98 Å². The lowest BCUT2D eigenvalue weighted by Crippen LogP contribution is -2.12. The molecule has 21 heavy (non-hydrogen) atoms. The molecule has 0 fully saturated rings. The Labute approximate surface area is 131 Å². The maximum absolute atomic E-state index is 12.2. The summed E-state index contributed by atoms with van der Waals surface area (Å²) < 4.78 is 1.04. The summed E-state index contributed by atoms with van der Waals surface area (Å²) in [6, 6.07) is 15.4. The molecule has 0 saturated carbocycles. The van der Waals surface area contributed by atoms with Gasteiger partial charge in [-0.15, -0.1) is 0 Å². The lowest BCUT2D eigenvalue weighted by molar-refractivity contribution is 0.102. The van der Waals surface area contributed by atoms with Crippen molar-refractivity contribution in [2.24, 2.45) is 0 Å². The van der Waals surface area contributed by atoms with Gasteiger partial charge in [0.15, 0.2) is 0 Å². The Hall–Kier alpha value is -2.20. The van der Waals surface area contributed by atoms with E-state index in [0.717, 1.165) is 26.6 Å². The average molecular weight is 341 g/mol. The Morgan fingerprint density at radius 2 is 1.81 bits per heavy atom. The molecule has 0 aliphatic rings. The van der Waals surface area contributed by atoms with Gasteiger partial charge in [0.2, 0.25) is 0 Å². The van der Waals surface area contributed by atoms with E-state index in [0.29, 0.717) is 5.56 Å². The molecule has 0 atom stereocenters. The van der Waals surface area contributed by atoms with Crippen molar-refractivity contribution < 1.29 is 4.79 Å². The van der Waals surface area contributed by atoms with E-state index >= 15 is 0 Å². The molecule has 1 N–H and O–H groups in total. The molecule has 0 aliphatic carbocycles. The first kappa shape index (κ1) is 13.8. The summed E-state index contributed by atoms with van der Waals surface area (Å²) in [7, 11) is 0. The zero-order valence-electron chi connectivity index (χ0n) is 11.4. The second-order valence-corrected chi connectivity index (χ2v) is 5.76. The molecule has 3 nitrogen and oxygen atoms in total. The molecular formula is C17H13BrN2O. The lowest BCUT2D eigenvalue weighted by atomic mass is 10.1. The number of pyridine rings is 1. The summed E-state index contributed by atoms with van der Waals surface area (Å²) in [6.45, 7) is 1.87. The highest BCUT2D eigenvalue weighted by Crippen LogP contribution is 2.23. The molecule has 3 aromatic rings. The maximum Gasteiger partial charge on any atom is 0.255 e. The number of rotatable bonds is 2. The van der Waals surface area contributed by atoms with Gasteiger partial charge in [-0.05, 0) is 54.1 Å². The van der Waals surface area contributed by atoms with Gasteiger partial charge in [0.05, 0.1) is 0 Å². The van der Waals surface area contributed by atoms with Gasteiger partial charge in [-0.1, -0.05) is 28.1 Å². The van der Waals surface area contributed by atoms with Gasteiger partial charge >= 0.3 is 0 Å². The van der Waals surface area contributed by atoms with E-state index in [2.05, 4.69) is 26.2 Å². The Kier molecular flexibility index (Phi) is 3.71. The van der Waals surface area contributed by atoms with E-state index < -0.39 is 0 Å². The second-order valence-electron chi connectivity index (χ2n) is 4.85. The number of hydrogen-bond donors (Lipinski definition) is 1. The largest absolute Gasteiger partial charge is 0.322 e. The van der Waals surface area contributed by atoms with Gasteiger partial charge in [0.1, 0.15) is 0 Å². The van der Waals surface area contributed by atoms with Gasteiger partial charge in [-0.3, -0.25) is 9.78 Å². The van der Waals surface area contributed by atoms with Crippen LogP contribution in [0.4, 0.5) is 5.69 Å². The smallest absolute Gasteiger partial charge is 0.255 e. The summed E-state index contributed by atoms with van der Waals surface area (Å²) >= 11 is 3.45. The van der Waals surface area contributed by atoms with Crippen LogP contribution in [0.25, 0.3) is 10.8 Å². The topological polar surface area (TPSA) is 42.0 Å². The SMILES string of the molecule is Cc1cc(C(=O)Nc2ccc3cc(Br)ccc3c2)ccn1. The highest BCUT2D eigenvalue weighted by atomic mass is 79.9. The van der Waals surface area contributed by atoms with Gasteiger partial charge in [-0.25, -0.2) is 0 Å². The molecule has 1 aromatic heterocycles. The highest BCUT2D eigenvalue weighted by Gasteiger charge is 2.07. The molecule has 3 rings (SSSR count). The van der Waals surface area contributed by atoms with Crippen LogP contribution in [0, 0.1) is 6.92 Å². The fraction of sp³-hybridized carbons (Fsp3) is 0.0588. The highest BCUT2D eigenvalue weighted by molar-refractivity contribution is 9.10. The van der Waals surface area contributed by atoms with E-state index in [1.165, 1.54) is 0 Å². The molecule has 2 aromatic carbocycles. The molecule has 104 valence electrons. The van der Waals surface area contributed by atoms with Crippen LogP contribution in [0.3, 0.4) is 0 Å². The minimum atomic E-state index is -0.128. The Balaban J connectivity index is 1.87. The summed E-state index contributed by atoms with van der Waals surface area (Å²) in [5.74, 6) is -0.128. The van der Waals surface area contributed by atoms with E-state index in [4.69, 9.17) is 0 Å². The van der Waals surface area contributed by atoms with Crippen molar-refractivity contribution >= 4 is 38.3 Å². The summed E-state index contributed by atoms with van der Waals surface area (Å²) in [6.07, 6.45) is 1.64. The first-order chi connectivity index (χ1) is 10.1. The number of carbonyl (C=O) groups excluding carboxylic acids is 1. The quantitative estimate of drug-likeness (QED) is 0.743. The molecule has 0 saturated heterocycles. The third-order valence-electron chi connectivity index (χ3n) is 3.22. The maximum atomic E-state index is 12.2. The number of fused-ring (bicyclic) bond motifs is 1. The number of carbonyl (C=O) groups is 1. The zero-order valence-corrected chi connectivity index (χ0v) is 13.0. The minimum Gasteiger partial charge on any atom is -0.322 e. The number of hydrogen-bond acceptors (Lipinski definition) is 2. The van der Waals surface area contributed by atoms with Crippen LogP contribution in [-0.4, -0.2) is 10.9 Å². The Morgan fingerprint density at radius 3 is 2.62 bits per heavy atom. The summed E-state index contributed by atoms with van der Waals surface area (Å²) in [5, 5.41) is 5.13. The second kappa shape index (κ2) is 5.66. The van der Waals surface area contributed by atoms with Gasteiger partial charge in [0.25, 0.3) is 5.91 Å². The standard InChI is InChI=1S/C17H13BrN2O/c1-11-8-14(6-7-19-11)17(21)20-16-5-3-12-9-15(18)4-2-13(12)10-16/h2-10H,1H3,(H,20,21). The van der Waals surface area contributed by atoms with Gasteiger partial charge in [-0.2, -0.15) is 0 Å². The lowest BCUT2D eigenvalue weighted by Gasteiger charge is -2.07. The predicted molar refractivity (Wildman–Crippen MR) is 88.6 cm³/mol. The van der Waals surface area contributed by atoms with Crippen LogP contribution in [0.15, 0.2) is 59.2 Å². The van der Waals surface area contributed by atoms with E-state index in [1.54, 1.807) is 18.3 Å². The number of nitrogens with one attached hydrogen (secondary N) is 1. The number of anilines is 1. The molecule has 0 spiro atoms.